The van der Waals surface area contributed by atoms with Crippen LogP contribution >= 0.6 is 0 Å². The molecule has 0 saturated carbocycles. The number of phenols is 1. The molecule has 13 nitrogen and oxygen atoms in total. The number of nitrogens with one attached hydrogen (secondary N) is 1. The van der Waals surface area contributed by atoms with Gasteiger partial charge in [-0.3, -0.25) is 4.79 Å². The zero-order valence-electron chi connectivity index (χ0n) is 26.2. The van der Waals surface area contributed by atoms with Gasteiger partial charge in [-0.2, -0.15) is 0 Å². The van der Waals surface area contributed by atoms with E-state index < -0.39 is 48.7 Å². The van der Waals surface area contributed by atoms with Gasteiger partial charge in [0, 0.05) is 38.8 Å². The molecule has 7 atom stereocenters. The summed E-state index contributed by atoms with van der Waals surface area (Å²) in [6.45, 7) is 2.61. The van der Waals surface area contributed by atoms with Crippen molar-refractivity contribution in [2.75, 3.05) is 33.4 Å². The summed E-state index contributed by atoms with van der Waals surface area (Å²) in [5, 5.41) is 63.7. The molecule has 0 radical (unpaired) electrons. The Morgan fingerprint density at radius 2 is 1.83 bits per heavy atom. The number of ether oxygens (including phenoxy) is 4. The topological polar surface area (TPSA) is 204 Å². The Morgan fingerprint density at radius 3 is 2.48 bits per heavy atom. The zero-order valence-corrected chi connectivity index (χ0v) is 26.2. The van der Waals surface area contributed by atoms with Crippen LogP contribution in [0.3, 0.4) is 0 Å². The average molecular weight is 648 g/mol. The van der Waals surface area contributed by atoms with Crippen molar-refractivity contribution in [3.05, 3.63) is 64.7 Å². The third-order valence-electron chi connectivity index (χ3n) is 7.54. The molecule has 1 saturated heterocycles. The fourth-order valence-electron chi connectivity index (χ4n) is 5.29. The zero-order chi connectivity index (χ0) is 33.8. The Balaban J connectivity index is 1.97. The van der Waals surface area contributed by atoms with E-state index in [4.69, 9.17) is 18.9 Å². The van der Waals surface area contributed by atoms with Crippen molar-refractivity contribution in [1.29, 1.82) is 0 Å². The number of aliphatic hydroxyl groups is 5. The van der Waals surface area contributed by atoms with Crippen LogP contribution in [0.25, 0.3) is 6.08 Å². The highest BCUT2D eigenvalue weighted by atomic mass is 16.7. The third kappa shape index (κ3) is 10.5. The van der Waals surface area contributed by atoms with Crippen LogP contribution in [0.2, 0.25) is 0 Å². The molecule has 2 aromatic rings. The summed E-state index contributed by atoms with van der Waals surface area (Å²) >= 11 is 0. The minimum Gasteiger partial charge on any atom is -0.504 e. The predicted octanol–water partition coefficient (Wildman–Crippen LogP) is 0.767. The Labute approximate surface area is 268 Å². The molecule has 0 amide bonds. The lowest BCUT2D eigenvalue weighted by Crippen LogP contribution is -2.62. The molecule has 1 aliphatic rings. The van der Waals surface area contributed by atoms with E-state index in [2.05, 4.69) is 5.32 Å². The summed E-state index contributed by atoms with van der Waals surface area (Å²) in [4.78, 5) is 25.9. The number of phenolic OH excluding ortho intramolecular Hbond substituents is 1. The lowest BCUT2D eigenvalue weighted by atomic mass is 9.87. The van der Waals surface area contributed by atoms with Gasteiger partial charge in [0.05, 0.1) is 13.2 Å². The van der Waals surface area contributed by atoms with Gasteiger partial charge in [-0.1, -0.05) is 30.3 Å². The van der Waals surface area contributed by atoms with E-state index in [1.54, 1.807) is 13.0 Å². The quantitative estimate of drug-likeness (QED) is 0.0995. The molecular weight excluding hydrogens is 602 g/mol. The number of esters is 2. The molecule has 7 N–H and O–H groups in total. The molecule has 0 bridgehead atoms. The SMILES string of the molecule is COc1cc(C=C(C[C@H](CCO)c2cccc(CCO)c2)C(=O)O[C@@H]2[C@H](OC(C)=O)[C@@H](O)[C@@H](CNC[C@H](C)O)O[C@H]2O)ccc1O. The molecule has 1 heterocycles. The first-order valence-corrected chi connectivity index (χ1v) is 15.1. The van der Waals surface area contributed by atoms with Crippen LogP contribution in [0.1, 0.15) is 49.3 Å². The molecule has 1 fully saturated rings. The van der Waals surface area contributed by atoms with Crippen LogP contribution in [0.5, 0.6) is 11.5 Å². The molecule has 3 rings (SSSR count). The summed E-state index contributed by atoms with van der Waals surface area (Å²) in [7, 11) is 1.38. The minimum atomic E-state index is -1.78. The van der Waals surface area contributed by atoms with Crippen LogP contribution in [0.4, 0.5) is 0 Å². The summed E-state index contributed by atoms with van der Waals surface area (Å²) in [5.74, 6) is -2.03. The molecule has 254 valence electrons. The second-order valence-electron chi connectivity index (χ2n) is 11.2. The second kappa shape index (κ2) is 18.0. The monoisotopic (exact) mass is 647 g/mol. The molecule has 2 aromatic carbocycles. The predicted molar refractivity (Wildman–Crippen MR) is 166 cm³/mol. The van der Waals surface area contributed by atoms with Crippen molar-refractivity contribution >= 4 is 18.0 Å². The fraction of sp³-hybridized carbons (Fsp3) is 0.515. The average Bonchev–Trinajstić information content (AvgIpc) is 3.01. The van der Waals surface area contributed by atoms with E-state index in [1.807, 2.05) is 24.3 Å². The Bertz CT molecular complexity index is 1320. The number of aliphatic hydroxyl groups excluding tert-OH is 5. The number of hydrogen-bond acceptors (Lipinski definition) is 13. The number of hydrogen-bond donors (Lipinski definition) is 7. The Morgan fingerprint density at radius 1 is 1.07 bits per heavy atom. The maximum absolute atomic E-state index is 13.9. The van der Waals surface area contributed by atoms with Gasteiger partial charge in [0.15, 0.2) is 30.0 Å². The maximum Gasteiger partial charge on any atom is 0.334 e. The Kier molecular flexibility index (Phi) is 14.4. The summed E-state index contributed by atoms with van der Waals surface area (Å²) in [6.07, 6.45) is -5.86. The van der Waals surface area contributed by atoms with Crippen LogP contribution in [0.15, 0.2) is 48.0 Å². The number of aromatic hydroxyl groups is 1. The Hall–Kier alpha value is -3.56. The molecule has 13 heteroatoms. The van der Waals surface area contributed by atoms with Crippen LogP contribution < -0.4 is 10.1 Å². The number of methoxy groups -OCH3 is 1. The highest BCUT2D eigenvalue weighted by molar-refractivity contribution is 5.94. The van der Waals surface area contributed by atoms with Crippen LogP contribution in [-0.4, -0.2) is 113 Å². The molecular formula is C33H45NO12. The van der Waals surface area contributed by atoms with Crippen molar-refractivity contribution in [2.24, 2.45) is 0 Å². The smallest absolute Gasteiger partial charge is 0.334 e. The highest BCUT2D eigenvalue weighted by Crippen LogP contribution is 2.33. The lowest BCUT2D eigenvalue weighted by molar-refractivity contribution is -0.287. The van der Waals surface area contributed by atoms with E-state index in [0.29, 0.717) is 12.0 Å². The summed E-state index contributed by atoms with van der Waals surface area (Å²) < 4.78 is 21.8. The lowest BCUT2D eigenvalue weighted by Gasteiger charge is -2.41. The fourth-order valence-corrected chi connectivity index (χ4v) is 5.29. The molecule has 46 heavy (non-hydrogen) atoms. The molecule has 1 aliphatic heterocycles. The van der Waals surface area contributed by atoms with Crippen molar-refractivity contribution < 1.29 is 59.2 Å². The van der Waals surface area contributed by atoms with E-state index in [-0.39, 0.29) is 62.1 Å². The van der Waals surface area contributed by atoms with E-state index in [1.165, 1.54) is 25.3 Å². The normalized spacial score (nSPS) is 23.0. The summed E-state index contributed by atoms with van der Waals surface area (Å²) in [5.41, 5.74) is 2.25. The second-order valence-corrected chi connectivity index (χ2v) is 11.2. The van der Waals surface area contributed by atoms with Gasteiger partial charge in [-0.05, 0) is 67.0 Å². The minimum absolute atomic E-state index is 0.00637. The molecule has 0 aromatic heterocycles. The standard InChI is InChI=1S/C33H45NO12/c1-19(37)17-34-18-28-29(40)30(44-20(2)38)31(33(42)45-28)46-32(41)25(14-22-7-8-26(39)27(15-22)43-3)16-24(10-12-36)23-6-4-5-21(13-23)9-11-35/h4-8,13-15,19,24,28-31,33-37,39-40,42H,9-12,16-18H2,1-3H3/t19-,24-,28+,29-,30+,31+,33+/m0/s1. The first-order valence-electron chi connectivity index (χ1n) is 15.1. The molecule has 0 aliphatic carbocycles. The first kappa shape index (κ1) is 36.9. The van der Waals surface area contributed by atoms with E-state index in [0.717, 1.165) is 18.1 Å². The van der Waals surface area contributed by atoms with Crippen molar-refractivity contribution in [3.8, 4) is 11.5 Å². The van der Waals surface area contributed by atoms with Gasteiger partial charge in [-0.25, -0.2) is 4.79 Å². The van der Waals surface area contributed by atoms with Crippen molar-refractivity contribution in [1.82, 2.24) is 5.32 Å². The number of carbonyl (C=O) groups excluding carboxylic acids is 2. The van der Waals surface area contributed by atoms with Crippen molar-refractivity contribution in [2.45, 2.75) is 75.8 Å². The van der Waals surface area contributed by atoms with Gasteiger partial charge in [0.1, 0.15) is 12.2 Å². The van der Waals surface area contributed by atoms with Crippen LogP contribution in [0, 0.1) is 0 Å². The molecule has 0 spiro atoms. The van der Waals surface area contributed by atoms with Crippen LogP contribution in [-0.2, 0) is 30.2 Å². The van der Waals surface area contributed by atoms with E-state index in [9.17, 15) is 40.2 Å². The number of rotatable bonds is 16. The maximum atomic E-state index is 13.9. The largest absolute Gasteiger partial charge is 0.504 e. The van der Waals surface area contributed by atoms with Crippen molar-refractivity contribution in [3.63, 3.8) is 0 Å². The third-order valence-corrected chi connectivity index (χ3v) is 7.54. The number of benzene rings is 2. The van der Waals surface area contributed by atoms with Gasteiger partial charge >= 0.3 is 11.9 Å². The van der Waals surface area contributed by atoms with Gasteiger partial charge in [0.25, 0.3) is 0 Å². The first-order chi connectivity index (χ1) is 22.0. The van der Waals surface area contributed by atoms with Gasteiger partial charge < -0.3 is 54.9 Å². The van der Waals surface area contributed by atoms with Gasteiger partial charge in [0.2, 0.25) is 0 Å². The number of carbonyl (C=O) groups is 2. The summed E-state index contributed by atoms with van der Waals surface area (Å²) in [6, 6.07) is 11.9. The van der Waals surface area contributed by atoms with E-state index >= 15 is 0 Å². The molecule has 0 unspecified atom stereocenters. The highest BCUT2D eigenvalue weighted by Gasteiger charge is 2.49. The van der Waals surface area contributed by atoms with Gasteiger partial charge in [-0.15, -0.1) is 0 Å².